The second-order valence-electron chi connectivity index (χ2n) is 4.44. The first-order chi connectivity index (χ1) is 9.95. The van der Waals surface area contributed by atoms with Crippen molar-refractivity contribution in [2.24, 2.45) is 0 Å². The molecule has 8 heteroatoms. The number of ether oxygens (including phenoxy) is 1. The first-order valence-electron chi connectivity index (χ1n) is 6.16. The zero-order valence-corrected chi connectivity index (χ0v) is 11.6. The van der Waals surface area contributed by atoms with Crippen LogP contribution in [0.15, 0.2) is 18.2 Å². The standard InChI is InChI=1S/C13H12ClFN2O4/c14-7-1-2-8(15)10(5-7)17-12(19)6-21-13(20)9-3-4-11(18)16-9/h1-2,5,9H,3-4,6H2,(H,16,18)(H,17,19)/t9-/m1/s1. The van der Waals surface area contributed by atoms with Crippen molar-refractivity contribution in [3.63, 3.8) is 0 Å². The normalized spacial score (nSPS) is 17.2. The molecule has 0 spiro atoms. The van der Waals surface area contributed by atoms with Crippen LogP contribution in [0.4, 0.5) is 10.1 Å². The lowest BCUT2D eigenvalue weighted by atomic mass is 10.2. The summed E-state index contributed by atoms with van der Waals surface area (Å²) in [6.45, 7) is -0.572. The zero-order chi connectivity index (χ0) is 15.4. The Hall–Kier alpha value is -2.15. The number of nitrogens with one attached hydrogen (secondary N) is 2. The largest absolute Gasteiger partial charge is 0.454 e. The molecule has 1 saturated heterocycles. The molecule has 1 aliphatic heterocycles. The van der Waals surface area contributed by atoms with Gasteiger partial charge in [-0.2, -0.15) is 0 Å². The minimum atomic E-state index is -0.729. The molecule has 1 atom stereocenters. The number of halogens is 2. The van der Waals surface area contributed by atoms with E-state index in [2.05, 4.69) is 10.6 Å². The van der Waals surface area contributed by atoms with Crippen molar-refractivity contribution >= 4 is 35.1 Å². The maximum atomic E-state index is 13.4. The Balaban J connectivity index is 1.83. The van der Waals surface area contributed by atoms with Crippen LogP contribution in [0, 0.1) is 5.82 Å². The van der Waals surface area contributed by atoms with Crippen LogP contribution >= 0.6 is 11.6 Å². The highest BCUT2D eigenvalue weighted by Crippen LogP contribution is 2.19. The van der Waals surface area contributed by atoms with Crippen molar-refractivity contribution in [1.29, 1.82) is 0 Å². The number of benzene rings is 1. The van der Waals surface area contributed by atoms with E-state index in [4.69, 9.17) is 16.3 Å². The smallest absolute Gasteiger partial charge is 0.329 e. The van der Waals surface area contributed by atoms with Gasteiger partial charge in [0, 0.05) is 11.4 Å². The highest BCUT2D eigenvalue weighted by molar-refractivity contribution is 6.30. The van der Waals surface area contributed by atoms with Gasteiger partial charge in [0.25, 0.3) is 5.91 Å². The van der Waals surface area contributed by atoms with Gasteiger partial charge in [-0.1, -0.05) is 11.6 Å². The quantitative estimate of drug-likeness (QED) is 0.819. The van der Waals surface area contributed by atoms with Crippen LogP contribution in [0.3, 0.4) is 0 Å². The Morgan fingerprint density at radius 3 is 2.90 bits per heavy atom. The summed E-state index contributed by atoms with van der Waals surface area (Å²) in [4.78, 5) is 34.1. The maximum absolute atomic E-state index is 13.4. The zero-order valence-electron chi connectivity index (χ0n) is 10.8. The van der Waals surface area contributed by atoms with E-state index in [0.29, 0.717) is 6.42 Å². The van der Waals surface area contributed by atoms with E-state index in [0.717, 1.165) is 6.07 Å². The van der Waals surface area contributed by atoms with E-state index in [1.807, 2.05) is 0 Å². The minimum Gasteiger partial charge on any atom is -0.454 e. The van der Waals surface area contributed by atoms with Crippen LogP contribution in [0.2, 0.25) is 5.02 Å². The van der Waals surface area contributed by atoms with E-state index in [1.165, 1.54) is 12.1 Å². The third kappa shape index (κ3) is 4.16. The third-order valence-electron chi connectivity index (χ3n) is 2.83. The molecule has 1 fully saturated rings. The van der Waals surface area contributed by atoms with Gasteiger partial charge in [0.2, 0.25) is 5.91 Å². The van der Waals surface area contributed by atoms with Crippen molar-refractivity contribution in [2.45, 2.75) is 18.9 Å². The molecule has 0 bridgehead atoms. The highest BCUT2D eigenvalue weighted by atomic mass is 35.5. The molecule has 2 N–H and O–H groups in total. The van der Waals surface area contributed by atoms with Gasteiger partial charge in [0.05, 0.1) is 5.69 Å². The van der Waals surface area contributed by atoms with Crippen LogP contribution in [0.1, 0.15) is 12.8 Å². The van der Waals surface area contributed by atoms with Crippen molar-refractivity contribution in [3.8, 4) is 0 Å². The van der Waals surface area contributed by atoms with Gasteiger partial charge in [-0.3, -0.25) is 9.59 Å². The Bertz CT molecular complexity index is 594. The molecular weight excluding hydrogens is 303 g/mol. The van der Waals surface area contributed by atoms with Crippen molar-refractivity contribution in [3.05, 3.63) is 29.0 Å². The molecule has 1 aromatic rings. The fourth-order valence-electron chi connectivity index (χ4n) is 1.81. The Morgan fingerprint density at radius 1 is 1.48 bits per heavy atom. The highest BCUT2D eigenvalue weighted by Gasteiger charge is 2.28. The SMILES string of the molecule is O=C(COC(=O)[C@H]1CCC(=O)N1)Nc1cc(Cl)ccc1F. The van der Waals surface area contributed by atoms with Gasteiger partial charge in [-0.25, -0.2) is 9.18 Å². The number of amides is 2. The van der Waals surface area contributed by atoms with Crippen molar-refractivity contribution in [1.82, 2.24) is 5.32 Å². The first-order valence-corrected chi connectivity index (χ1v) is 6.54. The summed E-state index contributed by atoms with van der Waals surface area (Å²) in [6, 6.07) is 2.97. The summed E-state index contributed by atoms with van der Waals surface area (Å²) >= 11 is 5.68. The molecule has 0 saturated carbocycles. The Labute approximate surface area is 124 Å². The molecule has 2 rings (SSSR count). The average Bonchev–Trinajstić information content (AvgIpc) is 2.87. The summed E-state index contributed by atoms with van der Waals surface area (Å²) in [6.07, 6.45) is 0.585. The molecule has 6 nitrogen and oxygen atoms in total. The van der Waals surface area contributed by atoms with E-state index >= 15 is 0 Å². The summed E-state index contributed by atoms with van der Waals surface area (Å²) in [5, 5.41) is 4.93. The number of esters is 1. The van der Waals surface area contributed by atoms with E-state index in [1.54, 1.807) is 0 Å². The molecule has 0 aromatic heterocycles. The van der Waals surface area contributed by atoms with Crippen molar-refractivity contribution < 1.29 is 23.5 Å². The summed E-state index contributed by atoms with van der Waals surface area (Å²) in [5.74, 6) is -2.28. The average molecular weight is 315 g/mol. The molecule has 0 unspecified atom stereocenters. The van der Waals surface area contributed by atoms with Crippen molar-refractivity contribution in [2.75, 3.05) is 11.9 Å². The monoisotopic (exact) mass is 314 g/mol. The molecule has 1 aromatic carbocycles. The van der Waals surface area contributed by atoms with E-state index in [-0.39, 0.29) is 23.0 Å². The molecule has 0 aliphatic carbocycles. The number of rotatable bonds is 4. The van der Waals surface area contributed by atoms with Gasteiger partial charge in [0.15, 0.2) is 6.61 Å². The fraction of sp³-hybridized carbons (Fsp3) is 0.308. The minimum absolute atomic E-state index is 0.0993. The topological polar surface area (TPSA) is 84.5 Å². The predicted molar refractivity (Wildman–Crippen MR) is 72.2 cm³/mol. The predicted octanol–water partition coefficient (Wildman–Crippen LogP) is 1.24. The number of anilines is 1. The Kier molecular flexibility index (Phi) is 4.74. The fourth-order valence-corrected chi connectivity index (χ4v) is 1.98. The summed E-state index contributed by atoms with van der Waals surface area (Å²) in [7, 11) is 0. The van der Waals surface area contributed by atoms with Gasteiger partial charge < -0.3 is 15.4 Å². The summed E-state index contributed by atoms with van der Waals surface area (Å²) in [5.41, 5.74) is -0.0993. The van der Waals surface area contributed by atoms with E-state index < -0.39 is 30.3 Å². The van der Waals surface area contributed by atoms with Crippen LogP contribution in [0.25, 0.3) is 0 Å². The summed E-state index contributed by atoms with van der Waals surface area (Å²) < 4.78 is 18.1. The van der Waals surface area contributed by atoms with E-state index in [9.17, 15) is 18.8 Å². The first kappa shape index (κ1) is 15.2. The van der Waals surface area contributed by atoms with Crippen LogP contribution in [0.5, 0.6) is 0 Å². The molecule has 0 radical (unpaired) electrons. The molecule has 112 valence electrons. The molecular formula is C13H12ClFN2O4. The van der Waals surface area contributed by atoms with Gasteiger partial charge in [-0.05, 0) is 24.6 Å². The third-order valence-corrected chi connectivity index (χ3v) is 3.06. The second-order valence-corrected chi connectivity index (χ2v) is 4.88. The molecule has 2 amide bonds. The van der Waals surface area contributed by atoms with Crippen LogP contribution < -0.4 is 10.6 Å². The number of hydrogen-bond acceptors (Lipinski definition) is 4. The lowest BCUT2D eigenvalue weighted by molar-refractivity contribution is -0.149. The maximum Gasteiger partial charge on any atom is 0.329 e. The Morgan fingerprint density at radius 2 is 2.24 bits per heavy atom. The van der Waals surface area contributed by atoms with Gasteiger partial charge >= 0.3 is 5.97 Å². The molecule has 1 aliphatic rings. The number of hydrogen-bond donors (Lipinski definition) is 2. The molecule has 1 heterocycles. The number of carbonyl (C=O) groups is 3. The van der Waals surface area contributed by atoms with Gasteiger partial charge in [-0.15, -0.1) is 0 Å². The van der Waals surface area contributed by atoms with Gasteiger partial charge in [0.1, 0.15) is 11.9 Å². The lowest BCUT2D eigenvalue weighted by Gasteiger charge is -2.10. The van der Waals surface area contributed by atoms with Crippen LogP contribution in [-0.4, -0.2) is 30.4 Å². The second kappa shape index (κ2) is 6.53. The number of carbonyl (C=O) groups excluding carboxylic acids is 3. The lowest BCUT2D eigenvalue weighted by Crippen LogP contribution is -2.36. The molecule has 21 heavy (non-hydrogen) atoms. The van der Waals surface area contributed by atoms with Crippen LogP contribution in [-0.2, 0) is 19.1 Å².